The largest absolute Gasteiger partial charge is 0.336 e. The molecule has 1 amide bonds. The van der Waals surface area contributed by atoms with E-state index in [1.54, 1.807) is 16.2 Å². The highest BCUT2D eigenvalue weighted by Crippen LogP contribution is 2.31. The lowest BCUT2D eigenvalue weighted by Crippen LogP contribution is -2.50. The van der Waals surface area contributed by atoms with Crippen molar-refractivity contribution in [2.75, 3.05) is 26.2 Å². The van der Waals surface area contributed by atoms with Crippen LogP contribution in [0.4, 0.5) is 5.69 Å². The molecule has 0 unspecified atom stereocenters. The second-order valence-electron chi connectivity index (χ2n) is 7.21. The van der Waals surface area contributed by atoms with Gasteiger partial charge in [-0.1, -0.05) is 6.07 Å². The zero-order valence-electron chi connectivity index (χ0n) is 15.7. The smallest absolute Gasteiger partial charge is 0.270 e. The molecule has 0 N–H and O–H groups in total. The maximum atomic E-state index is 13.0. The molecule has 2 heterocycles. The molecule has 1 aliphatic heterocycles. The summed E-state index contributed by atoms with van der Waals surface area (Å²) < 4.78 is 27.0. The minimum Gasteiger partial charge on any atom is -0.336 e. The lowest BCUT2D eigenvalue weighted by atomic mass is 9.95. The van der Waals surface area contributed by atoms with E-state index in [0.717, 1.165) is 42.9 Å². The third-order valence-corrected chi connectivity index (χ3v) is 8.47. The first-order valence-corrected chi connectivity index (χ1v) is 11.8. The highest BCUT2D eigenvalue weighted by Gasteiger charge is 2.32. The van der Waals surface area contributed by atoms with Crippen LogP contribution in [-0.2, 0) is 22.9 Å². The number of nitro groups is 1. The highest BCUT2D eigenvalue weighted by atomic mass is 32.2. The maximum absolute atomic E-state index is 13.0. The standard InChI is InChI=1S/C19H21N3O5S2/c23-19(17-13-28-18-7-2-1-6-16(17)18)20-8-10-21(11-9-20)29(26,27)15-5-3-4-14(12-15)22(24)25/h3-5,12-13H,1-2,6-11H2. The monoisotopic (exact) mass is 435 g/mol. The third kappa shape index (κ3) is 3.79. The molecular formula is C19H21N3O5S2. The minimum atomic E-state index is -3.84. The average molecular weight is 436 g/mol. The van der Waals surface area contributed by atoms with Crippen molar-refractivity contribution in [2.24, 2.45) is 0 Å². The summed E-state index contributed by atoms with van der Waals surface area (Å²) in [7, 11) is -3.84. The Morgan fingerprint density at radius 1 is 1.10 bits per heavy atom. The van der Waals surface area contributed by atoms with Gasteiger partial charge in [-0.15, -0.1) is 11.3 Å². The van der Waals surface area contributed by atoms with Crippen LogP contribution in [0.15, 0.2) is 34.5 Å². The van der Waals surface area contributed by atoms with Gasteiger partial charge < -0.3 is 4.90 Å². The summed E-state index contributed by atoms with van der Waals surface area (Å²) in [6.45, 7) is 0.946. The molecule has 1 aliphatic carbocycles. The molecule has 1 fully saturated rings. The van der Waals surface area contributed by atoms with Gasteiger partial charge in [-0.3, -0.25) is 14.9 Å². The molecule has 29 heavy (non-hydrogen) atoms. The van der Waals surface area contributed by atoms with Gasteiger partial charge in [-0.05, 0) is 37.3 Å². The van der Waals surface area contributed by atoms with Crippen LogP contribution in [0.25, 0.3) is 0 Å². The Labute approximate surface area is 172 Å². The zero-order valence-corrected chi connectivity index (χ0v) is 17.4. The van der Waals surface area contributed by atoms with E-state index in [-0.39, 0.29) is 29.6 Å². The first-order valence-electron chi connectivity index (χ1n) is 9.51. The predicted octanol–water partition coefficient (Wildman–Crippen LogP) is 2.68. The van der Waals surface area contributed by atoms with Crippen LogP contribution in [0.1, 0.15) is 33.6 Å². The molecule has 0 radical (unpaired) electrons. The quantitative estimate of drug-likeness (QED) is 0.543. The van der Waals surface area contributed by atoms with E-state index in [0.29, 0.717) is 13.1 Å². The van der Waals surface area contributed by atoms with Crippen molar-refractivity contribution in [3.63, 3.8) is 0 Å². The number of non-ortho nitro benzene ring substituents is 1. The lowest BCUT2D eigenvalue weighted by Gasteiger charge is -2.34. The van der Waals surface area contributed by atoms with Crippen LogP contribution in [0.2, 0.25) is 0 Å². The van der Waals surface area contributed by atoms with Crippen LogP contribution in [0.3, 0.4) is 0 Å². The molecule has 1 saturated heterocycles. The molecule has 8 nitrogen and oxygen atoms in total. The molecule has 0 bridgehead atoms. The molecule has 154 valence electrons. The second-order valence-corrected chi connectivity index (χ2v) is 10.1. The number of benzene rings is 1. The van der Waals surface area contributed by atoms with Crippen LogP contribution in [-0.4, -0.2) is 54.6 Å². The summed E-state index contributed by atoms with van der Waals surface area (Å²) >= 11 is 1.64. The SMILES string of the molecule is O=C(c1csc2c1CCCC2)N1CCN(S(=O)(=O)c2cccc([N+](=O)[O-])c2)CC1. The summed E-state index contributed by atoms with van der Waals surface area (Å²) in [6, 6.07) is 5.06. The second kappa shape index (κ2) is 7.85. The summed E-state index contributed by atoms with van der Waals surface area (Å²) in [5.74, 6) is -0.0307. The number of rotatable bonds is 4. The predicted molar refractivity (Wildman–Crippen MR) is 109 cm³/mol. The van der Waals surface area contributed by atoms with Crippen molar-refractivity contribution in [1.29, 1.82) is 0 Å². The van der Waals surface area contributed by atoms with Crippen LogP contribution >= 0.6 is 11.3 Å². The summed E-state index contributed by atoms with van der Waals surface area (Å²) in [5, 5.41) is 12.9. The van der Waals surface area contributed by atoms with Gasteiger partial charge in [-0.25, -0.2) is 8.42 Å². The normalized spacial score (nSPS) is 17.7. The van der Waals surface area contributed by atoms with Gasteiger partial charge in [0.25, 0.3) is 11.6 Å². The fourth-order valence-corrected chi connectivity index (χ4v) is 6.46. The van der Waals surface area contributed by atoms with Crippen molar-refractivity contribution in [3.05, 3.63) is 55.8 Å². The topological polar surface area (TPSA) is 101 Å². The number of sulfonamides is 1. The Hall–Kier alpha value is -2.30. The van der Waals surface area contributed by atoms with Gasteiger partial charge in [0.05, 0.1) is 15.4 Å². The molecule has 2 aliphatic rings. The van der Waals surface area contributed by atoms with Crippen molar-refractivity contribution in [3.8, 4) is 0 Å². The summed E-state index contributed by atoms with van der Waals surface area (Å²) in [6.07, 6.45) is 4.22. The third-order valence-electron chi connectivity index (χ3n) is 5.48. The Balaban J connectivity index is 1.46. The number of amides is 1. The Kier molecular flexibility index (Phi) is 5.41. The first-order chi connectivity index (χ1) is 13.9. The van der Waals surface area contributed by atoms with Crippen LogP contribution in [0, 0.1) is 10.1 Å². The number of carbonyl (C=O) groups excluding carboxylic acids is 1. The number of piperazine rings is 1. The average Bonchev–Trinajstić information content (AvgIpc) is 3.17. The van der Waals surface area contributed by atoms with Crippen molar-refractivity contribution in [1.82, 2.24) is 9.21 Å². The molecule has 1 aromatic heterocycles. The molecule has 10 heteroatoms. The number of nitro benzene ring substituents is 1. The van der Waals surface area contributed by atoms with E-state index < -0.39 is 14.9 Å². The molecule has 1 aromatic carbocycles. The van der Waals surface area contributed by atoms with Gasteiger partial charge in [-0.2, -0.15) is 4.31 Å². The van der Waals surface area contributed by atoms with E-state index in [1.807, 2.05) is 5.38 Å². The van der Waals surface area contributed by atoms with Crippen molar-refractivity contribution >= 4 is 33.0 Å². The van der Waals surface area contributed by atoms with Crippen molar-refractivity contribution in [2.45, 2.75) is 30.6 Å². The summed E-state index contributed by atoms with van der Waals surface area (Å²) in [4.78, 5) is 26.2. The Morgan fingerprint density at radius 3 is 2.55 bits per heavy atom. The number of nitrogens with zero attached hydrogens (tertiary/aromatic N) is 3. The summed E-state index contributed by atoms with van der Waals surface area (Å²) in [5.41, 5.74) is 1.67. The van der Waals surface area contributed by atoms with Gasteiger partial charge in [0.15, 0.2) is 0 Å². The molecule has 0 saturated carbocycles. The molecular weight excluding hydrogens is 414 g/mol. The minimum absolute atomic E-state index is 0.0307. The van der Waals surface area contributed by atoms with Gasteiger partial charge in [0.1, 0.15) is 0 Å². The highest BCUT2D eigenvalue weighted by molar-refractivity contribution is 7.89. The van der Waals surface area contributed by atoms with Crippen LogP contribution < -0.4 is 0 Å². The van der Waals surface area contributed by atoms with E-state index >= 15 is 0 Å². The number of thiophene rings is 1. The number of fused-ring (bicyclic) bond motifs is 1. The Bertz CT molecular complexity index is 1060. The van der Waals surface area contributed by atoms with E-state index in [9.17, 15) is 23.3 Å². The molecule has 0 spiro atoms. The first kappa shape index (κ1) is 20.0. The number of hydrogen-bond acceptors (Lipinski definition) is 6. The van der Waals surface area contributed by atoms with Crippen LogP contribution in [0.5, 0.6) is 0 Å². The fourth-order valence-electron chi connectivity index (χ4n) is 3.88. The zero-order chi connectivity index (χ0) is 20.6. The fraction of sp³-hybridized carbons (Fsp3) is 0.421. The van der Waals surface area contributed by atoms with Crippen molar-refractivity contribution < 1.29 is 18.1 Å². The van der Waals surface area contributed by atoms with Gasteiger partial charge >= 0.3 is 0 Å². The number of carbonyl (C=O) groups is 1. The Morgan fingerprint density at radius 2 is 1.83 bits per heavy atom. The molecule has 4 rings (SSSR count). The van der Waals surface area contributed by atoms with E-state index in [2.05, 4.69) is 0 Å². The maximum Gasteiger partial charge on any atom is 0.270 e. The lowest BCUT2D eigenvalue weighted by molar-refractivity contribution is -0.385. The van der Waals surface area contributed by atoms with E-state index in [4.69, 9.17) is 0 Å². The van der Waals surface area contributed by atoms with E-state index in [1.165, 1.54) is 27.4 Å². The van der Waals surface area contributed by atoms with Gasteiger partial charge in [0, 0.05) is 48.6 Å². The molecule has 2 aromatic rings. The van der Waals surface area contributed by atoms with Gasteiger partial charge in [0.2, 0.25) is 10.0 Å². The number of aryl methyl sites for hydroxylation is 1. The molecule has 0 atom stereocenters. The number of hydrogen-bond donors (Lipinski definition) is 0.